The summed E-state index contributed by atoms with van der Waals surface area (Å²) in [7, 11) is 0. The minimum absolute atomic E-state index is 0.0473. The Morgan fingerprint density at radius 3 is 2.29 bits per heavy atom. The fourth-order valence-electron chi connectivity index (χ4n) is 2.13. The van der Waals surface area contributed by atoms with Gasteiger partial charge in [0.1, 0.15) is 0 Å². The molecule has 0 aromatic heterocycles. The third-order valence-electron chi connectivity index (χ3n) is 3.52. The van der Waals surface area contributed by atoms with Crippen molar-refractivity contribution in [3.05, 3.63) is 0 Å². The van der Waals surface area contributed by atoms with Crippen LogP contribution in [0.1, 0.15) is 47.0 Å². The molecule has 1 saturated heterocycles. The number of rotatable bonds is 5. The van der Waals surface area contributed by atoms with Crippen LogP contribution in [0.2, 0.25) is 0 Å². The molecule has 0 unspecified atom stereocenters. The predicted octanol–water partition coefficient (Wildman–Crippen LogP) is 3.26. The van der Waals surface area contributed by atoms with Crippen molar-refractivity contribution in [1.29, 1.82) is 0 Å². The molecule has 1 heterocycles. The number of hydrogen-bond acceptors (Lipinski definition) is 2. The Morgan fingerprint density at radius 1 is 1.24 bits per heavy atom. The van der Waals surface area contributed by atoms with Gasteiger partial charge in [-0.25, -0.2) is 0 Å². The van der Waals surface area contributed by atoms with Crippen LogP contribution in [-0.2, 0) is 4.74 Å². The van der Waals surface area contributed by atoms with Gasteiger partial charge in [-0.3, -0.25) is 4.39 Å². The van der Waals surface area contributed by atoms with Crippen LogP contribution in [0, 0.1) is 5.41 Å². The van der Waals surface area contributed by atoms with Crippen LogP contribution in [0.15, 0.2) is 0 Å². The summed E-state index contributed by atoms with van der Waals surface area (Å²) in [4.78, 5) is 2.37. The highest BCUT2D eigenvalue weighted by atomic mass is 19.1. The molecule has 1 fully saturated rings. The van der Waals surface area contributed by atoms with Crippen molar-refractivity contribution in [3.8, 4) is 0 Å². The second kappa shape index (κ2) is 6.14. The van der Waals surface area contributed by atoms with E-state index in [2.05, 4.69) is 32.6 Å². The van der Waals surface area contributed by atoms with E-state index in [1.165, 1.54) is 0 Å². The average Bonchev–Trinajstić information content (AvgIpc) is 2.25. The Hall–Kier alpha value is -0.150. The van der Waals surface area contributed by atoms with Gasteiger partial charge in [0.05, 0.1) is 18.9 Å². The number of halogens is 1. The Labute approximate surface area is 106 Å². The van der Waals surface area contributed by atoms with Gasteiger partial charge in [-0.2, -0.15) is 0 Å². The van der Waals surface area contributed by atoms with Crippen LogP contribution >= 0.6 is 0 Å². The molecule has 1 rings (SSSR count). The molecule has 0 aliphatic carbocycles. The molecular formula is C14H28FNO. The van der Waals surface area contributed by atoms with Gasteiger partial charge in [-0.05, 0) is 58.5 Å². The number of likely N-dealkylation sites (tertiary alicyclic amines) is 1. The summed E-state index contributed by atoms with van der Waals surface area (Å²) < 4.78 is 18.0. The second-order valence-corrected chi connectivity index (χ2v) is 6.60. The maximum Gasteiger partial charge on any atom is 0.0906 e. The first kappa shape index (κ1) is 14.9. The number of ether oxygens (including phenoxy) is 1. The maximum absolute atomic E-state index is 12.1. The van der Waals surface area contributed by atoms with Crippen molar-refractivity contribution in [2.45, 2.75) is 52.6 Å². The Kier molecular flexibility index (Phi) is 5.39. The second-order valence-electron chi connectivity index (χ2n) is 6.60. The minimum Gasteiger partial charge on any atom is -0.375 e. The first-order chi connectivity index (χ1) is 7.85. The van der Waals surface area contributed by atoms with E-state index in [4.69, 9.17) is 4.74 Å². The van der Waals surface area contributed by atoms with Crippen molar-refractivity contribution >= 4 is 0 Å². The van der Waals surface area contributed by atoms with Crippen LogP contribution < -0.4 is 0 Å². The Bertz CT molecular complexity index is 217. The molecule has 0 aromatic carbocycles. The van der Waals surface area contributed by atoms with E-state index in [9.17, 15) is 4.39 Å². The monoisotopic (exact) mass is 245 g/mol. The van der Waals surface area contributed by atoms with E-state index in [1.807, 2.05) is 0 Å². The van der Waals surface area contributed by atoms with Crippen LogP contribution in [0.4, 0.5) is 4.39 Å². The molecule has 17 heavy (non-hydrogen) atoms. The van der Waals surface area contributed by atoms with Crippen molar-refractivity contribution in [2.24, 2.45) is 5.41 Å². The van der Waals surface area contributed by atoms with Crippen LogP contribution in [-0.4, -0.2) is 43.4 Å². The number of piperidine rings is 1. The zero-order valence-corrected chi connectivity index (χ0v) is 11.9. The molecule has 3 heteroatoms. The summed E-state index contributed by atoms with van der Waals surface area (Å²) in [6, 6.07) is 0. The summed E-state index contributed by atoms with van der Waals surface area (Å²) in [5.74, 6) is 0. The molecule has 0 spiro atoms. The van der Waals surface area contributed by atoms with Crippen molar-refractivity contribution < 1.29 is 9.13 Å². The third-order valence-corrected chi connectivity index (χ3v) is 3.52. The zero-order valence-electron chi connectivity index (χ0n) is 11.9. The maximum atomic E-state index is 12.1. The molecule has 0 saturated carbocycles. The topological polar surface area (TPSA) is 12.5 Å². The summed E-state index contributed by atoms with van der Waals surface area (Å²) in [5, 5.41) is 0. The lowest BCUT2D eigenvalue weighted by atomic mass is 9.81. The summed E-state index contributed by atoms with van der Waals surface area (Å²) >= 11 is 0. The van der Waals surface area contributed by atoms with Gasteiger partial charge in [-0.15, -0.1) is 0 Å². The van der Waals surface area contributed by atoms with Crippen molar-refractivity contribution in [1.82, 2.24) is 4.90 Å². The van der Waals surface area contributed by atoms with Gasteiger partial charge in [-0.1, -0.05) is 6.92 Å². The first-order valence-corrected chi connectivity index (χ1v) is 6.77. The van der Waals surface area contributed by atoms with Crippen LogP contribution in [0.5, 0.6) is 0 Å². The van der Waals surface area contributed by atoms with Gasteiger partial charge in [0.2, 0.25) is 0 Å². The number of nitrogens with zero attached hydrogens (tertiary/aromatic N) is 1. The lowest BCUT2D eigenvalue weighted by molar-refractivity contribution is -0.0643. The van der Waals surface area contributed by atoms with Gasteiger partial charge in [0, 0.05) is 6.54 Å². The van der Waals surface area contributed by atoms with Gasteiger partial charge in [0.15, 0.2) is 0 Å². The molecule has 0 bridgehead atoms. The highest BCUT2D eigenvalue weighted by Gasteiger charge is 2.31. The first-order valence-electron chi connectivity index (χ1n) is 6.77. The number of alkyl halides is 1. The van der Waals surface area contributed by atoms with Gasteiger partial charge >= 0.3 is 0 Å². The van der Waals surface area contributed by atoms with Crippen molar-refractivity contribution in [3.63, 3.8) is 0 Å². The molecule has 0 aromatic rings. The quantitative estimate of drug-likeness (QED) is 0.737. The largest absolute Gasteiger partial charge is 0.375 e. The van der Waals surface area contributed by atoms with Crippen LogP contribution in [0.25, 0.3) is 0 Å². The molecule has 1 aliphatic heterocycles. The van der Waals surface area contributed by atoms with Crippen LogP contribution in [0.3, 0.4) is 0 Å². The van der Waals surface area contributed by atoms with E-state index in [-0.39, 0.29) is 12.3 Å². The highest BCUT2D eigenvalue weighted by Crippen LogP contribution is 2.32. The fraction of sp³-hybridized carbons (Fsp3) is 1.00. The summed E-state index contributed by atoms with van der Waals surface area (Å²) in [6.45, 7) is 12.4. The smallest absolute Gasteiger partial charge is 0.0906 e. The van der Waals surface area contributed by atoms with Gasteiger partial charge < -0.3 is 9.64 Å². The Morgan fingerprint density at radius 2 is 1.82 bits per heavy atom. The molecule has 0 atom stereocenters. The predicted molar refractivity (Wildman–Crippen MR) is 70.1 cm³/mol. The summed E-state index contributed by atoms with van der Waals surface area (Å²) in [5.41, 5.74) is 0.258. The molecule has 1 aliphatic rings. The molecule has 2 nitrogen and oxygen atoms in total. The highest BCUT2D eigenvalue weighted by molar-refractivity contribution is 4.83. The van der Waals surface area contributed by atoms with E-state index < -0.39 is 0 Å². The zero-order chi connectivity index (χ0) is 12.9. The van der Waals surface area contributed by atoms with E-state index in [1.54, 1.807) is 0 Å². The van der Waals surface area contributed by atoms with E-state index >= 15 is 0 Å². The normalized spacial score (nSPS) is 21.7. The molecule has 102 valence electrons. The standard InChI is InChI=1S/C14H28FNO/c1-13(2,3)17-12-14(4)6-10-16(11-7-14)9-5-8-15/h5-12H2,1-4H3. The Balaban J connectivity index is 2.28. The van der Waals surface area contributed by atoms with E-state index in [0.717, 1.165) is 39.1 Å². The lowest BCUT2D eigenvalue weighted by Gasteiger charge is -2.40. The average molecular weight is 245 g/mol. The van der Waals surface area contributed by atoms with Gasteiger partial charge in [0.25, 0.3) is 0 Å². The fourth-order valence-corrected chi connectivity index (χ4v) is 2.13. The summed E-state index contributed by atoms with van der Waals surface area (Å²) in [6.07, 6.45) is 3.00. The van der Waals surface area contributed by atoms with E-state index in [0.29, 0.717) is 11.8 Å². The SMILES string of the molecule is CC1(COC(C)(C)C)CCN(CCCF)CC1. The molecular weight excluding hydrogens is 217 g/mol. The minimum atomic E-state index is -0.194. The third kappa shape index (κ3) is 5.82. The van der Waals surface area contributed by atoms with Crippen molar-refractivity contribution in [2.75, 3.05) is 32.9 Å². The molecule has 0 radical (unpaired) electrons. The number of hydrogen-bond donors (Lipinski definition) is 0. The molecule has 0 N–H and O–H groups in total. The lowest BCUT2D eigenvalue weighted by Crippen LogP contribution is -2.42. The molecule has 0 amide bonds.